The van der Waals surface area contributed by atoms with Gasteiger partial charge in [0.05, 0.1) is 0 Å². The minimum absolute atomic E-state index is 0.0563. The first-order chi connectivity index (χ1) is 10.0. The van der Waals surface area contributed by atoms with Crippen LogP contribution in [-0.4, -0.2) is 30.6 Å². The Morgan fingerprint density at radius 3 is 2.71 bits per heavy atom. The predicted molar refractivity (Wildman–Crippen MR) is 86.0 cm³/mol. The van der Waals surface area contributed by atoms with E-state index in [0.29, 0.717) is 25.5 Å². The monoisotopic (exact) mass is 288 g/mol. The van der Waals surface area contributed by atoms with Crippen molar-refractivity contribution < 1.29 is 9.53 Å². The molecule has 0 aliphatic heterocycles. The van der Waals surface area contributed by atoms with Crippen molar-refractivity contribution in [2.24, 2.45) is 0 Å². The first kappa shape index (κ1) is 15.6. The minimum atomic E-state index is -0.0563. The Labute approximate surface area is 125 Å². The molecule has 2 aromatic rings. The largest absolute Gasteiger partial charge is 0.382 e. The fraction of sp³-hybridized carbons (Fsp3) is 0.471. The van der Waals surface area contributed by atoms with Crippen molar-refractivity contribution in [3.63, 3.8) is 0 Å². The third kappa shape index (κ3) is 3.45. The molecule has 1 heterocycles. The second-order valence-corrected chi connectivity index (χ2v) is 5.41. The van der Waals surface area contributed by atoms with Crippen LogP contribution in [-0.2, 0) is 4.74 Å². The highest BCUT2D eigenvalue weighted by Crippen LogP contribution is 2.25. The number of carbonyl (C=O) groups is 1. The molecule has 1 aromatic heterocycles. The number of carbonyl (C=O) groups excluding carboxylic acids is 1. The van der Waals surface area contributed by atoms with Gasteiger partial charge in [-0.1, -0.05) is 6.07 Å². The van der Waals surface area contributed by atoms with Gasteiger partial charge in [0.15, 0.2) is 0 Å². The zero-order valence-corrected chi connectivity index (χ0v) is 13.3. The van der Waals surface area contributed by atoms with Gasteiger partial charge in [-0.15, -0.1) is 0 Å². The number of amides is 1. The van der Waals surface area contributed by atoms with Crippen LogP contribution in [0.2, 0.25) is 0 Å². The highest BCUT2D eigenvalue weighted by atomic mass is 16.5. The summed E-state index contributed by atoms with van der Waals surface area (Å²) in [4.78, 5) is 15.4. The van der Waals surface area contributed by atoms with Crippen molar-refractivity contribution in [1.82, 2.24) is 10.3 Å². The molecule has 0 atom stereocenters. The summed E-state index contributed by atoms with van der Waals surface area (Å²) in [5.41, 5.74) is 5.32. The molecule has 4 nitrogen and oxygen atoms in total. The Hall–Kier alpha value is -1.81. The summed E-state index contributed by atoms with van der Waals surface area (Å²) < 4.78 is 5.25. The predicted octanol–water partition coefficient (Wildman–Crippen LogP) is 3.25. The number of fused-ring (bicyclic) bond motifs is 1. The van der Waals surface area contributed by atoms with Crippen molar-refractivity contribution in [3.05, 3.63) is 34.5 Å². The maximum absolute atomic E-state index is 12.2. The zero-order valence-electron chi connectivity index (χ0n) is 13.3. The van der Waals surface area contributed by atoms with Gasteiger partial charge < -0.3 is 15.0 Å². The molecule has 0 fully saturated rings. The molecule has 2 N–H and O–H groups in total. The molecule has 0 spiro atoms. The SMILES string of the molecule is CCOCCCNC(=O)c1cc2c(C)cc(C)c(C)c2[nH]1. The number of aromatic nitrogens is 1. The lowest BCUT2D eigenvalue weighted by atomic mass is 10.0. The smallest absolute Gasteiger partial charge is 0.267 e. The molecular formula is C17H24N2O2. The van der Waals surface area contributed by atoms with Gasteiger partial charge in [0.25, 0.3) is 5.91 Å². The third-order valence-electron chi connectivity index (χ3n) is 3.84. The lowest BCUT2D eigenvalue weighted by Crippen LogP contribution is -2.25. The normalized spacial score (nSPS) is 11.0. The van der Waals surface area contributed by atoms with Crippen LogP contribution in [0.25, 0.3) is 10.9 Å². The quantitative estimate of drug-likeness (QED) is 0.802. The molecule has 0 saturated heterocycles. The van der Waals surface area contributed by atoms with Crippen molar-refractivity contribution in [2.75, 3.05) is 19.8 Å². The van der Waals surface area contributed by atoms with Crippen LogP contribution in [0.5, 0.6) is 0 Å². The fourth-order valence-corrected chi connectivity index (χ4v) is 2.51. The van der Waals surface area contributed by atoms with E-state index in [-0.39, 0.29) is 5.91 Å². The van der Waals surface area contributed by atoms with E-state index in [2.05, 4.69) is 37.1 Å². The molecule has 0 aliphatic carbocycles. The molecule has 0 aliphatic rings. The highest BCUT2D eigenvalue weighted by Gasteiger charge is 2.12. The molecular weight excluding hydrogens is 264 g/mol. The molecule has 0 unspecified atom stereocenters. The summed E-state index contributed by atoms with van der Waals surface area (Å²) in [5, 5.41) is 4.04. The van der Waals surface area contributed by atoms with E-state index in [0.717, 1.165) is 17.3 Å². The number of benzene rings is 1. The van der Waals surface area contributed by atoms with Gasteiger partial charge in [0.1, 0.15) is 5.69 Å². The van der Waals surface area contributed by atoms with Crippen LogP contribution in [0.15, 0.2) is 12.1 Å². The number of hydrogen-bond acceptors (Lipinski definition) is 2. The molecule has 0 radical (unpaired) electrons. The number of H-pyrrole nitrogens is 1. The van der Waals surface area contributed by atoms with Gasteiger partial charge in [0.2, 0.25) is 0 Å². The molecule has 114 valence electrons. The summed E-state index contributed by atoms with van der Waals surface area (Å²) in [6.07, 6.45) is 0.830. The van der Waals surface area contributed by atoms with Crippen molar-refractivity contribution >= 4 is 16.8 Å². The van der Waals surface area contributed by atoms with E-state index in [9.17, 15) is 4.79 Å². The Balaban J connectivity index is 2.10. The average Bonchev–Trinajstić information content (AvgIpc) is 2.90. The summed E-state index contributed by atoms with van der Waals surface area (Å²) in [5.74, 6) is -0.0563. The lowest BCUT2D eigenvalue weighted by molar-refractivity contribution is 0.0940. The molecule has 0 bridgehead atoms. The minimum Gasteiger partial charge on any atom is -0.382 e. The van der Waals surface area contributed by atoms with Crippen LogP contribution >= 0.6 is 0 Å². The number of hydrogen-bond donors (Lipinski definition) is 2. The topological polar surface area (TPSA) is 54.1 Å². The van der Waals surface area contributed by atoms with Crippen LogP contribution in [0.3, 0.4) is 0 Å². The highest BCUT2D eigenvalue weighted by molar-refractivity contribution is 5.99. The first-order valence-electron chi connectivity index (χ1n) is 7.50. The van der Waals surface area contributed by atoms with Crippen LogP contribution in [0, 0.1) is 20.8 Å². The second kappa shape index (κ2) is 6.76. The van der Waals surface area contributed by atoms with Gasteiger partial charge in [-0.3, -0.25) is 4.79 Å². The number of aromatic amines is 1. The third-order valence-corrected chi connectivity index (χ3v) is 3.84. The molecule has 4 heteroatoms. The van der Waals surface area contributed by atoms with Crippen LogP contribution in [0.4, 0.5) is 0 Å². The van der Waals surface area contributed by atoms with Gasteiger partial charge in [-0.2, -0.15) is 0 Å². The summed E-state index contributed by atoms with van der Waals surface area (Å²) in [6, 6.07) is 4.10. The molecule has 21 heavy (non-hydrogen) atoms. The number of rotatable bonds is 6. The van der Waals surface area contributed by atoms with E-state index in [1.54, 1.807) is 0 Å². The van der Waals surface area contributed by atoms with E-state index < -0.39 is 0 Å². The number of aryl methyl sites for hydroxylation is 3. The molecule has 2 rings (SSSR count). The summed E-state index contributed by atoms with van der Waals surface area (Å²) >= 11 is 0. The van der Waals surface area contributed by atoms with Gasteiger partial charge in [-0.25, -0.2) is 0 Å². The Morgan fingerprint density at radius 1 is 1.24 bits per heavy atom. The first-order valence-corrected chi connectivity index (χ1v) is 7.50. The standard InChI is InChI=1S/C17H24N2O2/c1-5-21-8-6-7-18-17(20)15-10-14-12(3)9-11(2)13(4)16(14)19-15/h9-10,19H,5-8H2,1-4H3,(H,18,20). The molecule has 1 aromatic carbocycles. The molecule has 0 saturated carbocycles. The van der Waals surface area contributed by atoms with Gasteiger partial charge >= 0.3 is 0 Å². The van der Waals surface area contributed by atoms with Crippen LogP contribution in [0.1, 0.15) is 40.5 Å². The van der Waals surface area contributed by atoms with E-state index >= 15 is 0 Å². The lowest BCUT2D eigenvalue weighted by Gasteiger charge is -2.04. The summed E-state index contributed by atoms with van der Waals surface area (Å²) in [6.45, 7) is 10.2. The van der Waals surface area contributed by atoms with Crippen LogP contribution < -0.4 is 5.32 Å². The molecule has 1 amide bonds. The maximum atomic E-state index is 12.2. The average molecular weight is 288 g/mol. The Bertz CT molecular complexity index is 644. The van der Waals surface area contributed by atoms with Gasteiger partial charge in [0, 0.05) is 30.7 Å². The Kier molecular flexibility index (Phi) is 5.02. The van der Waals surface area contributed by atoms with Crippen molar-refractivity contribution in [3.8, 4) is 0 Å². The number of nitrogens with one attached hydrogen (secondary N) is 2. The van der Waals surface area contributed by atoms with E-state index in [1.165, 1.54) is 16.7 Å². The summed E-state index contributed by atoms with van der Waals surface area (Å²) in [7, 11) is 0. The van der Waals surface area contributed by atoms with E-state index in [1.807, 2.05) is 13.0 Å². The van der Waals surface area contributed by atoms with Crippen molar-refractivity contribution in [1.29, 1.82) is 0 Å². The Morgan fingerprint density at radius 2 is 2.00 bits per heavy atom. The van der Waals surface area contributed by atoms with Crippen molar-refractivity contribution in [2.45, 2.75) is 34.1 Å². The van der Waals surface area contributed by atoms with Gasteiger partial charge in [-0.05, 0) is 56.9 Å². The van der Waals surface area contributed by atoms with E-state index in [4.69, 9.17) is 4.74 Å². The number of ether oxygens (including phenoxy) is 1. The zero-order chi connectivity index (χ0) is 15.4. The fourth-order valence-electron chi connectivity index (χ4n) is 2.51. The maximum Gasteiger partial charge on any atom is 0.267 e. The second-order valence-electron chi connectivity index (χ2n) is 5.41.